The fraction of sp³-hybridized carbons (Fsp3) is 1.00. The lowest BCUT2D eigenvalue weighted by Gasteiger charge is -2.04. The third-order valence-corrected chi connectivity index (χ3v) is 1.55. The zero-order chi connectivity index (χ0) is 8.53. The summed E-state index contributed by atoms with van der Waals surface area (Å²) in [5.41, 5.74) is 5.59. The van der Waals surface area contributed by atoms with Crippen molar-refractivity contribution in [2.75, 3.05) is 13.2 Å². The lowest BCUT2D eigenvalue weighted by atomic mass is 10.1. The van der Waals surface area contributed by atoms with E-state index in [0.29, 0.717) is 6.04 Å². The highest BCUT2D eigenvalue weighted by molar-refractivity contribution is 4.52. The predicted octanol–water partition coefficient (Wildman–Crippen LogP) is 1.93. The van der Waals surface area contributed by atoms with Gasteiger partial charge in [0.2, 0.25) is 0 Å². The van der Waals surface area contributed by atoms with Gasteiger partial charge < -0.3 is 10.5 Å². The van der Waals surface area contributed by atoms with Crippen LogP contribution < -0.4 is 5.73 Å². The predicted molar refractivity (Wildman–Crippen MR) is 48.6 cm³/mol. The third kappa shape index (κ3) is 9.92. The molecule has 0 amide bonds. The first-order valence-electron chi connectivity index (χ1n) is 4.60. The van der Waals surface area contributed by atoms with Crippen molar-refractivity contribution < 1.29 is 4.74 Å². The largest absolute Gasteiger partial charge is 0.381 e. The molecule has 0 aliphatic carbocycles. The van der Waals surface area contributed by atoms with E-state index in [1.165, 1.54) is 6.42 Å². The van der Waals surface area contributed by atoms with Gasteiger partial charge in [-0.1, -0.05) is 6.92 Å². The molecule has 0 saturated heterocycles. The van der Waals surface area contributed by atoms with Gasteiger partial charge in [-0.25, -0.2) is 0 Å². The van der Waals surface area contributed by atoms with Gasteiger partial charge in [0, 0.05) is 19.3 Å². The van der Waals surface area contributed by atoms with E-state index in [1.807, 2.05) is 6.92 Å². The van der Waals surface area contributed by atoms with E-state index in [1.54, 1.807) is 0 Å². The van der Waals surface area contributed by atoms with Crippen LogP contribution in [0.1, 0.15) is 39.5 Å². The number of unbranched alkanes of at least 4 members (excludes halogenated alkanes) is 1. The van der Waals surface area contributed by atoms with Gasteiger partial charge in [-0.05, 0) is 32.6 Å². The minimum atomic E-state index is 0.348. The second-order valence-corrected chi connectivity index (χ2v) is 3.09. The molecule has 0 aromatic heterocycles. The summed E-state index contributed by atoms with van der Waals surface area (Å²) in [5, 5.41) is 0. The summed E-state index contributed by atoms with van der Waals surface area (Å²) in [7, 11) is 0. The zero-order valence-electron chi connectivity index (χ0n) is 7.81. The molecule has 0 rings (SSSR count). The first-order chi connectivity index (χ1) is 5.27. The quantitative estimate of drug-likeness (QED) is 0.576. The Kier molecular flexibility index (Phi) is 7.96. The molecule has 0 bridgehead atoms. The highest BCUT2D eigenvalue weighted by atomic mass is 16.5. The molecule has 0 radical (unpaired) electrons. The molecule has 0 aromatic rings. The molecule has 0 aliphatic heterocycles. The lowest BCUT2D eigenvalue weighted by molar-refractivity contribution is 0.130. The monoisotopic (exact) mass is 159 g/mol. The highest BCUT2D eigenvalue weighted by Crippen LogP contribution is 1.98. The average Bonchev–Trinajstić information content (AvgIpc) is 1.96. The fourth-order valence-electron chi connectivity index (χ4n) is 0.917. The maximum Gasteiger partial charge on any atom is 0.0466 e. The maximum absolute atomic E-state index is 5.59. The molecule has 11 heavy (non-hydrogen) atoms. The van der Waals surface area contributed by atoms with Crippen LogP contribution in [0, 0.1) is 0 Å². The lowest BCUT2D eigenvalue weighted by Crippen LogP contribution is -2.14. The summed E-state index contributed by atoms with van der Waals surface area (Å²) in [6.07, 6.45) is 4.59. The second kappa shape index (κ2) is 8.02. The van der Waals surface area contributed by atoms with Gasteiger partial charge >= 0.3 is 0 Å². The van der Waals surface area contributed by atoms with Crippen LogP contribution in [0.4, 0.5) is 0 Å². The minimum Gasteiger partial charge on any atom is -0.381 e. The number of ether oxygens (including phenoxy) is 1. The molecule has 1 unspecified atom stereocenters. The Morgan fingerprint density at radius 1 is 1.27 bits per heavy atom. The molecule has 2 heteroatoms. The molecule has 0 aromatic carbocycles. The molecular weight excluding hydrogens is 138 g/mol. The summed E-state index contributed by atoms with van der Waals surface area (Å²) in [5.74, 6) is 0. The Bertz CT molecular complexity index is 74.0. The van der Waals surface area contributed by atoms with Gasteiger partial charge in [0.05, 0.1) is 0 Å². The number of rotatable bonds is 7. The van der Waals surface area contributed by atoms with E-state index in [2.05, 4.69) is 6.92 Å². The van der Waals surface area contributed by atoms with E-state index in [4.69, 9.17) is 10.5 Å². The molecule has 0 aliphatic rings. The first kappa shape index (κ1) is 10.9. The minimum absolute atomic E-state index is 0.348. The first-order valence-corrected chi connectivity index (χ1v) is 4.60. The van der Waals surface area contributed by atoms with Crippen molar-refractivity contribution in [2.24, 2.45) is 5.73 Å². The van der Waals surface area contributed by atoms with Gasteiger partial charge in [0.15, 0.2) is 0 Å². The summed E-state index contributed by atoms with van der Waals surface area (Å²) in [6, 6.07) is 0.348. The molecule has 68 valence electrons. The van der Waals surface area contributed by atoms with E-state index < -0.39 is 0 Å². The second-order valence-electron chi connectivity index (χ2n) is 3.09. The Morgan fingerprint density at radius 3 is 2.55 bits per heavy atom. The summed E-state index contributed by atoms with van der Waals surface area (Å²) < 4.78 is 5.32. The van der Waals surface area contributed by atoms with Gasteiger partial charge in [0.1, 0.15) is 0 Å². The van der Waals surface area contributed by atoms with E-state index in [9.17, 15) is 0 Å². The number of hydrogen-bond acceptors (Lipinski definition) is 2. The fourth-order valence-corrected chi connectivity index (χ4v) is 0.917. The van der Waals surface area contributed by atoms with Crippen LogP contribution in [-0.4, -0.2) is 19.3 Å². The van der Waals surface area contributed by atoms with Crippen LogP contribution in [-0.2, 0) is 4.74 Å². The Hall–Kier alpha value is -0.0800. The van der Waals surface area contributed by atoms with Crippen LogP contribution in [0.25, 0.3) is 0 Å². The zero-order valence-corrected chi connectivity index (χ0v) is 7.81. The van der Waals surface area contributed by atoms with Crippen molar-refractivity contribution in [2.45, 2.75) is 45.6 Å². The average molecular weight is 159 g/mol. The van der Waals surface area contributed by atoms with Crippen LogP contribution in [0.5, 0.6) is 0 Å². The SMILES string of the molecule is CCCOCCCCC(C)N. The number of hydrogen-bond donors (Lipinski definition) is 1. The summed E-state index contributed by atoms with van der Waals surface area (Å²) >= 11 is 0. The Balaban J connectivity index is 2.80. The maximum atomic E-state index is 5.59. The van der Waals surface area contributed by atoms with Crippen LogP contribution >= 0.6 is 0 Å². The highest BCUT2D eigenvalue weighted by Gasteiger charge is 1.93. The number of nitrogens with two attached hydrogens (primary N) is 1. The van der Waals surface area contributed by atoms with Crippen molar-refractivity contribution in [3.8, 4) is 0 Å². The van der Waals surface area contributed by atoms with Crippen molar-refractivity contribution in [3.05, 3.63) is 0 Å². The normalized spacial score (nSPS) is 13.4. The standard InChI is InChI=1S/C9H21NO/c1-3-7-11-8-5-4-6-9(2)10/h9H,3-8,10H2,1-2H3. The van der Waals surface area contributed by atoms with E-state index in [-0.39, 0.29) is 0 Å². The Morgan fingerprint density at radius 2 is 2.00 bits per heavy atom. The molecule has 1 atom stereocenters. The topological polar surface area (TPSA) is 35.2 Å². The smallest absolute Gasteiger partial charge is 0.0466 e. The third-order valence-electron chi connectivity index (χ3n) is 1.55. The summed E-state index contributed by atoms with van der Waals surface area (Å²) in [4.78, 5) is 0. The molecule has 0 fully saturated rings. The van der Waals surface area contributed by atoms with E-state index >= 15 is 0 Å². The van der Waals surface area contributed by atoms with E-state index in [0.717, 1.165) is 32.5 Å². The van der Waals surface area contributed by atoms with Gasteiger partial charge in [-0.2, -0.15) is 0 Å². The molecule has 0 spiro atoms. The molecule has 2 N–H and O–H groups in total. The van der Waals surface area contributed by atoms with Crippen LogP contribution in [0.2, 0.25) is 0 Å². The van der Waals surface area contributed by atoms with Gasteiger partial charge in [-0.3, -0.25) is 0 Å². The van der Waals surface area contributed by atoms with Gasteiger partial charge in [0.25, 0.3) is 0 Å². The Labute approximate surface area is 70.1 Å². The molecule has 2 nitrogen and oxygen atoms in total. The van der Waals surface area contributed by atoms with Crippen LogP contribution in [0.3, 0.4) is 0 Å². The molecular formula is C9H21NO. The van der Waals surface area contributed by atoms with Crippen LogP contribution in [0.15, 0.2) is 0 Å². The molecule has 0 heterocycles. The summed E-state index contributed by atoms with van der Waals surface area (Å²) in [6.45, 7) is 5.98. The van der Waals surface area contributed by atoms with Crippen molar-refractivity contribution >= 4 is 0 Å². The van der Waals surface area contributed by atoms with Crippen molar-refractivity contribution in [3.63, 3.8) is 0 Å². The van der Waals surface area contributed by atoms with Crippen molar-refractivity contribution in [1.29, 1.82) is 0 Å². The van der Waals surface area contributed by atoms with Gasteiger partial charge in [-0.15, -0.1) is 0 Å². The van der Waals surface area contributed by atoms with Crippen molar-refractivity contribution in [1.82, 2.24) is 0 Å². The molecule has 0 saturated carbocycles.